The zero-order valence-corrected chi connectivity index (χ0v) is 16.9. The number of carbonyl (C=O) groups excluding carboxylic acids is 1. The molecule has 0 aliphatic carbocycles. The number of fused-ring (bicyclic) bond motifs is 1. The Morgan fingerprint density at radius 1 is 1.21 bits per heavy atom. The van der Waals surface area contributed by atoms with Crippen molar-refractivity contribution >= 4 is 17.0 Å². The van der Waals surface area contributed by atoms with Gasteiger partial charge in [0.05, 0.1) is 23.8 Å². The zero-order chi connectivity index (χ0) is 20.4. The van der Waals surface area contributed by atoms with Crippen LogP contribution in [0.15, 0.2) is 34.9 Å². The van der Waals surface area contributed by atoms with Gasteiger partial charge in [0, 0.05) is 30.9 Å². The maximum Gasteiger partial charge on any atom is 0.258 e. The third-order valence-corrected chi connectivity index (χ3v) is 5.73. The summed E-state index contributed by atoms with van der Waals surface area (Å²) in [4.78, 5) is 17.4. The van der Waals surface area contributed by atoms with E-state index in [2.05, 4.69) is 27.6 Å². The van der Waals surface area contributed by atoms with Crippen molar-refractivity contribution in [1.82, 2.24) is 15.5 Å². The minimum atomic E-state index is -0.176. The summed E-state index contributed by atoms with van der Waals surface area (Å²) in [7, 11) is 1.66. The fourth-order valence-electron chi connectivity index (χ4n) is 4.02. The highest BCUT2D eigenvalue weighted by molar-refractivity contribution is 6.06. The standard InChI is InChI=1S/C22H25N3O4/c1-14-12-18(19-15(2)25-29-21(19)24-14)20(26)23-13-22(8-10-28-11-9-22)16-4-6-17(27-3)7-5-16/h4-7,12H,8-11,13H2,1-3H3,(H,23,26). The summed E-state index contributed by atoms with van der Waals surface area (Å²) in [6.45, 7) is 5.52. The average molecular weight is 395 g/mol. The number of pyridine rings is 1. The van der Waals surface area contributed by atoms with Crippen LogP contribution in [0.3, 0.4) is 0 Å². The van der Waals surface area contributed by atoms with Crippen molar-refractivity contribution in [2.75, 3.05) is 26.9 Å². The van der Waals surface area contributed by atoms with Crippen molar-refractivity contribution in [3.63, 3.8) is 0 Å². The van der Waals surface area contributed by atoms with Crippen LogP contribution in [-0.2, 0) is 10.2 Å². The molecule has 1 aromatic carbocycles. The van der Waals surface area contributed by atoms with Crippen LogP contribution >= 0.6 is 0 Å². The van der Waals surface area contributed by atoms with Crippen LogP contribution in [0.25, 0.3) is 11.1 Å². The summed E-state index contributed by atoms with van der Waals surface area (Å²) in [6, 6.07) is 9.87. The molecule has 1 fully saturated rings. The molecule has 0 radical (unpaired) electrons. The number of aromatic nitrogens is 2. The Balaban J connectivity index is 1.61. The number of methoxy groups -OCH3 is 1. The first-order chi connectivity index (χ1) is 14.0. The van der Waals surface area contributed by atoms with Gasteiger partial charge in [-0.15, -0.1) is 0 Å². The Kier molecular flexibility index (Phi) is 5.24. The normalized spacial score (nSPS) is 16.0. The summed E-state index contributed by atoms with van der Waals surface area (Å²) in [5, 5.41) is 7.78. The lowest BCUT2D eigenvalue weighted by Crippen LogP contribution is -2.44. The summed E-state index contributed by atoms with van der Waals surface area (Å²) in [5.74, 6) is 0.670. The van der Waals surface area contributed by atoms with Gasteiger partial charge in [0.25, 0.3) is 11.6 Å². The Morgan fingerprint density at radius 3 is 2.62 bits per heavy atom. The molecule has 7 nitrogen and oxygen atoms in total. The summed E-state index contributed by atoms with van der Waals surface area (Å²) >= 11 is 0. The number of aryl methyl sites for hydroxylation is 2. The van der Waals surface area contributed by atoms with E-state index in [9.17, 15) is 4.79 Å². The van der Waals surface area contributed by atoms with Gasteiger partial charge < -0.3 is 19.3 Å². The number of rotatable bonds is 5. The molecule has 1 saturated heterocycles. The minimum absolute atomic E-state index is 0.147. The molecule has 4 rings (SSSR count). The van der Waals surface area contributed by atoms with E-state index in [0.717, 1.165) is 24.3 Å². The van der Waals surface area contributed by atoms with Crippen LogP contribution in [0.4, 0.5) is 0 Å². The van der Waals surface area contributed by atoms with Crippen molar-refractivity contribution in [3.8, 4) is 5.75 Å². The quantitative estimate of drug-likeness (QED) is 0.713. The van der Waals surface area contributed by atoms with E-state index in [1.54, 1.807) is 13.2 Å². The summed E-state index contributed by atoms with van der Waals surface area (Å²) in [5.41, 5.74) is 3.32. The number of hydrogen-bond donors (Lipinski definition) is 1. The fourth-order valence-corrected chi connectivity index (χ4v) is 4.02. The van der Waals surface area contributed by atoms with Gasteiger partial charge in [-0.3, -0.25) is 4.79 Å². The first-order valence-electron chi connectivity index (χ1n) is 9.76. The third kappa shape index (κ3) is 3.70. The maximum absolute atomic E-state index is 13.1. The van der Waals surface area contributed by atoms with Gasteiger partial charge in [-0.2, -0.15) is 0 Å². The number of nitrogens with zero attached hydrogens (tertiary/aromatic N) is 2. The molecule has 3 aromatic rings. The first kappa shape index (κ1) is 19.4. The second kappa shape index (κ2) is 7.83. The fraction of sp³-hybridized carbons (Fsp3) is 0.409. The molecule has 3 heterocycles. The Labute approximate surface area is 169 Å². The first-order valence-corrected chi connectivity index (χ1v) is 9.76. The second-order valence-corrected chi connectivity index (χ2v) is 7.56. The van der Waals surface area contributed by atoms with Crippen LogP contribution < -0.4 is 10.1 Å². The van der Waals surface area contributed by atoms with E-state index in [4.69, 9.17) is 14.0 Å². The van der Waals surface area contributed by atoms with Crippen LogP contribution in [0.1, 0.15) is 40.2 Å². The molecule has 1 amide bonds. The molecule has 1 N–H and O–H groups in total. The third-order valence-electron chi connectivity index (χ3n) is 5.73. The molecule has 0 spiro atoms. The Hall–Kier alpha value is -2.93. The Bertz CT molecular complexity index is 1020. The highest BCUT2D eigenvalue weighted by Crippen LogP contribution is 2.35. The van der Waals surface area contributed by atoms with E-state index in [-0.39, 0.29) is 11.3 Å². The number of hydrogen-bond acceptors (Lipinski definition) is 6. The maximum atomic E-state index is 13.1. The van der Waals surface area contributed by atoms with Crippen molar-refractivity contribution < 1.29 is 18.8 Å². The number of nitrogens with one attached hydrogen (secondary N) is 1. The van der Waals surface area contributed by atoms with Crippen LogP contribution in [0.5, 0.6) is 5.75 Å². The van der Waals surface area contributed by atoms with Gasteiger partial charge in [-0.25, -0.2) is 4.98 Å². The molecule has 0 saturated carbocycles. The number of amides is 1. The average Bonchev–Trinajstić information content (AvgIpc) is 3.12. The SMILES string of the molecule is COc1ccc(C2(CNC(=O)c3cc(C)nc4onc(C)c34)CCOCC2)cc1. The topological polar surface area (TPSA) is 86.5 Å². The number of ether oxygens (including phenoxy) is 2. The van der Waals surface area contributed by atoms with Crippen LogP contribution in [0, 0.1) is 13.8 Å². The highest BCUT2D eigenvalue weighted by atomic mass is 16.5. The molecular weight excluding hydrogens is 370 g/mol. The molecular formula is C22H25N3O4. The van der Waals surface area contributed by atoms with Crippen LogP contribution in [-0.4, -0.2) is 42.9 Å². The van der Waals surface area contributed by atoms with E-state index in [1.165, 1.54) is 5.56 Å². The lowest BCUT2D eigenvalue weighted by atomic mass is 9.74. The Morgan fingerprint density at radius 2 is 1.93 bits per heavy atom. The largest absolute Gasteiger partial charge is 0.497 e. The van der Waals surface area contributed by atoms with E-state index >= 15 is 0 Å². The summed E-state index contributed by atoms with van der Waals surface area (Å²) < 4.78 is 16.1. The molecule has 1 aliphatic heterocycles. The lowest BCUT2D eigenvalue weighted by molar-refractivity contribution is 0.0487. The van der Waals surface area contributed by atoms with Crippen molar-refractivity contribution in [2.45, 2.75) is 32.1 Å². The molecule has 0 unspecified atom stereocenters. The minimum Gasteiger partial charge on any atom is -0.497 e. The van der Waals surface area contributed by atoms with Gasteiger partial charge in [0.2, 0.25) is 0 Å². The monoisotopic (exact) mass is 395 g/mol. The van der Waals surface area contributed by atoms with Crippen LogP contribution in [0.2, 0.25) is 0 Å². The van der Waals surface area contributed by atoms with E-state index in [1.807, 2.05) is 26.0 Å². The van der Waals surface area contributed by atoms with Gasteiger partial charge in [-0.05, 0) is 50.5 Å². The smallest absolute Gasteiger partial charge is 0.258 e. The lowest BCUT2D eigenvalue weighted by Gasteiger charge is -2.38. The van der Waals surface area contributed by atoms with Crippen molar-refractivity contribution in [2.24, 2.45) is 0 Å². The molecule has 0 bridgehead atoms. The molecule has 29 heavy (non-hydrogen) atoms. The summed E-state index contributed by atoms with van der Waals surface area (Å²) in [6.07, 6.45) is 1.69. The molecule has 0 atom stereocenters. The van der Waals surface area contributed by atoms with Crippen molar-refractivity contribution in [1.29, 1.82) is 0 Å². The van der Waals surface area contributed by atoms with Gasteiger partial charge >= 0.3 is 0 Å². The predicted molar refractivity (Wildman–Crippen MR) is 108 cm³/mol. The van der Waals surface area contributed by atoms with Gasteiger partial charge in [-0.1, -0.05) is 17.3 Å². The second-order valence-electron chi connectivity index (χ2n) is 7.56. The molecule has 7 heteroatoms. The molecule has 152 valence electrons. The molecule has 1 aliphatic rings. The predicted octanol–water partition coefficient (Wildman–Crippen LogP) is 3.33. The number of benzene rings is 1. The highest BCUT2D eigenvalue weighted by Gasteiger charge is 2.35. The van der Waals surface area contributed by atoms with E-state index < -0.39 is 0 Å². The van der Waals surface area contributed by atoms with E-state index in [0.29, 0.717) is 42.1 Å². The van der Waals surface area contributed by atoms with Gasteiger partial charge in [0.1, 0.15) is 5.75 Å². The number of carbonyl (C=O) groups is 1. The van der Waals surface area contributed by atoms with Crippen molar-refractivity contribution in [3.05, 3.63) is 52.8 Å². The zero-order valence-electron chi connectivity index (χ0n) is 16.9. The molecule has 2 aromatic heterocycles. The van der Waals surface area contributed by atoms with Gasteiger partial charge in [0.15, 0.2) is 0 Å².